The van der Waals surface area contributed by atoms with Crippen LogP contribution in [0.15, 0.2) is 30.6 Å². The Morgan fingerprint density at radius 2 is 1.89 bits per heavy atom. The molecule has 1 spiro atoms. The fraction of sp³-hybridized carbons (Fsp3) is 0.348. The van der Waals surface area contributed by atoms with Gasteiger partial charge in [-0.1, -0.05) is 23.2 Å². The van der Waals surface area contributed by atoms with Crippen LogP contribution in [-0.4, -0.2) is 70.2 Å². The molecule has 0 radical (unpaired) electrons. The van der Waals surface area contributed by atoms with Crippen LogP contribution in [-0.2, 0) is 15.0 Å². The fourth-order valence-electron chi connectivity index (χ4n) is 4.93. The molecule has 0 bridgehead atoms. The van der Waals surface area contributed by atoms with E-state index in [9.17, 15) is 27.6 Å². The number of halogens is 5. The first-order chi connectivity index (χ1) is 17.5. The molecule has 1 saturated heterocycles. The van der Waals surface area contributed by atoms with E-state index in [-0.39, 0.29) is 47.6 Å². The lowest BCUT2D eigenvalue weighted by atomic mass is 9.73. The van der Waals surface area contributed by atoms with Gasteiger partial charge in [0.05, 0.1) is 39.1 Å². The second kappa shape index (κ2) is 9.18. The highest BCUT2D eigenvalue weighted by Crippen LogP contribution is 2.52. The van der Waals surface area contributed by atoms with Gasteiger partial charge < -0.3 is 15.1 Å². The van der Waals surface area contributed by atoms with Gasteiger partial charge in [-0.3, -0.25) is 19.5 Å². The van der Waals surface area contributed by atoms with Crippen LogP contribution in [0, 0.1) is 0 Å². The molecule has 2 aliphatic rings. The van der Waals surface area contributed by atoms with Crippen LogP contribution >= 0.6 is 23.2 Å². The summed E-state index contributed by atoms with van der Waals surface area (Å²) in [6.07, 6.45) is -1.13. The Morgan fingerprint density at radius 1 is 1.16 bits per heavy atom. The molecule has 5 rings (SSSR count). The van der Waals surface area contributed by atoms with E-state index in [4.69, 9.17) is 23.2 Å². The van der Waals surface area contributed by atoms with Gasteiger partial charge in [0.2, 0.25) is 11.8 Å². The van der Waals surface area contributed by atoms with Crippen molar-refractivity contribution in [2.75, 3.05) is 31.1 Å². The fourth-order valence-corrected chi connectivity index (χ4v) is 5.43. The number of aromatic amines is 1. The van der Waals surface area contributed by atoms with E-state index in [1.165, 1.54) is 18.3 Å². The zero-order chi connectivity index (χ0) is 26.5. The van der Waals surface area contributed by atoms with Crippen molar-refractivity contribution in [3.8, 4) is 0 Å². The number of benzene rings is 1. The van der Waals surface area contributed by atoms with Crippen molar-refractivity contribution in [1.82, 2.24) is 25.4 Å². The lowest BCUT2D eigenvalue weighted by molar-refractivity contribution is -0.138. The quantitative estimate of drug-likeness (QED) is 0.513. The number of rotatable bonds is 4. The Kier molecular flexibility index (Phi) is 6.27. The molecule has 2 N–H and O–H groups in total. The molecular weight excluding hydrogens is 536 g/mol. The van der Waals surface area contributed by atoms with Crippen LogP contribution in [0.2, 0.25) is 10.0 Å². The molecule has 0 atom stereocenters. The van der Waals surface area contributed by atoms with E-state index in [0.29, 0.717) is 16.8 Å². The summed E-state index contributed by atoms with van der Waals surface area (Å²) in [5.74, 6) is -1.75. The van der Waals surface area contributed by atoms with Gasteiger partial charge in [-0.25, -0.2) is 4.98 Å². The molecule has 194 valence electrons. The maximum Gasteiger partial charge on any atom is 0.405 e. The SMILES string of the molecule is O=C(CN1C(=O)C2(CCN(C(=O)c3cc4cn[nH]c4cn3)CC2)c2c1ccc(Cl)c2Cl)NCC(F)(F)F. The minimum Gasteiger partial charge on any atom is -0.345 e. The number of anilines is 1. The number of carbonyl (C=O) groups excluding carboxylic acids is 3. The van der Waals surface area contributed by atoms with Gasteiger partial charge in [-0.15, -0.1) is 0 Å². The highest BCUT2D eigenvalue weighted by molar-refractivity contribution is 6.43. The Labute approximate surface area is 217 Å². The molecule has 9 nitrogen and oxygen atoms in total. The molecule has 0 aliphatic carbocycles. The number of hydrogen-bond donors (Lipinski definition) is 2. The number of amides is 3. The lowest BCUT2D eigenvalue weighted by Crippen LogP contribution is -2.51. The molecule has 3 aromatic rings. The van der Waals surface area contributed by atoms with E-state index in [1.54, 1.807) is 22.5 Å². The van der Waals surface area contributed by atoms with Crippen molar-refractivity contribution in [3.05, 3.63) is 51.9 Å². The molecule has 3 amide bonds. The van der Waals surface area contributed by atoms with Crippen molar-refractivity contribution in [2.24, 2.45) is 0 Å². The number of nitrogens with zero attached hydrogens (tertiary/aromatic N) is 4. The first-order valence-electron chi connectivity index (χ1n) is 11.2. The molecule has 2 aliphatic heterocycles. The van der Waals surface area contributed by atoms with Crippen LogP contribution in [0.4, 0.5) is 18.9 Å². The Hall–Kier alpha value is -3.38. The number of H-pyrrole nitrogens is 1. The molecule has 2 aromatic heterocycles. The molecule has 37 heavy (non-hydrogen) atoms. The van der Waals surface area contributed by atoms with E-state index < -0.39 is 36.5 Å². The number of alkyl halides is 3. The van der Waals surface area contributed by atoms with Crippen molar-refractivity contribution in [1.29, 1.82) is 0 Å². The number of likely N-dealkylation sites (tertiary alicyclic amines) is 1. The number of aromatic nitrogens is 3. The van der Waals surface area contributed by atoms with Gasteiger partial charge in [-0.2, -0.15) is 18.3 Å². The second-order valence-corrected chi connectivity index (χ2v) is 9.72. The second-order valence-electron chi connectivity index (χ2n) is 8.94. The maximum absolute atomic E-state index is 13.7. The van der Waals surface area contributed by atoms with Crippen LogP contribution in [0.25, 0.3) is 10.9 Å². The topological polar surface area (TPSA) is 111 Å². The van der Waals surface area contributed by atoms with Gasteiger partial charge in [0.25, 0.3) is 5.91 Å². The van der Waals surface area contributed by atoms with Crippen LogP contribution < -0.4 is 10.2 Å². The smallest absolute Gasteiger partial charge is 0.345 e. The maximum atomic E-state index is 13.7. The van der Waals surface area contributed by atoms with Crippen molar-refractivity contribution < 1.29 is 27.6 Å². The van der Waals surface area contributed by atoms with Gasteiger partial charge in [0.15, 0.2) is 0 Å². The first-order valence-corrected chi connectivity index (χ1v) is 12.0. The summed E-state index contributed by atoms with van der Waals surface area (Å²) in [6.45, 7) is -1.75. The average molecular weight is 555 g/mol. The highest BCUT2D eigenvalue weighted by Gasteiger charge is 2.54. The third-order valence-electron chi connectivity index (χ3n) is 6.73. The zero-order valence-electron chi connectivity index (χ0n) is 19.0. The predicted octanol–water partition coefficient (Wildman–Crippen LogP) is 3.46. The summed E-state index contributed by atoms with van der Waals surface area (Å²) in [5.41, 5.74) is 0.467. The minimum atomic E-state index is -4.59. The minimum absolute atomic E-state index is 0.137. The number of hydrogen-bond acceptors (Lipinski definition) is 5. The van der Waals surface area contributed by atoms with Gasteiger partial charge in [-0.05, 0) is 31.0 Å². The van der Waals surface area contributed by atoms with Crippen molar-refractivity contribution >= 4 is 57.5 Å². The monoisotopic (exact) mass is 554 g/mol. The van der Waals surface area contributed by atoms with Crippen molar-refractivity contribution in [2.45, 2.75) is 24.4 Å². The first kappa shape index (κ1) is 25.3. The lowest BCUT2D eigenvalue weighted by Gasteiger charge is -2.38. The van der Waals surface area contributed by atoms with Gasteiger partial charge >= 0.3 is 6.18 Å². The Balaban J connectivity index is 1.39. The molecular formula is C23H19Cl2F3N6O3. The summed E-state index contributed by atoms with van der Waals surface area (Å²) in [4.78, 5) is 46.0. The number of pyridine rings is 1. The van der Waals surface area contributed by atoms with Crippen molar-refractivity contribution in [3.63, 3.8) is 0 Å². The molecule has 1 fully saturated rings. The van der Waals surface area contributed by atoms with E-state index in [2.05, 4.69) is 15.2 Å². The number of carbonyl (C=O) groups is 3. The molecule has 1 aromatic carbocycles. The number of nitrogens with one attached hydrogen (secondary N) is 2. The summed E-state index contributed by atoms with van der Waals surface area (Å²) in [7, 11) is 0. The molecule has 0 unspecified atom stereocenters. The molecule has 14 heteroatoms. The molecule has 4 heterocycles. The third kappa shape index (κ3) is 4.48. The highest BCUT2D eigenvalue weighted by atomic mass is 35.5. The summed E-state index contributed by atoms with van der Waals surface area (Å²) in [5, 5.41) is 9.54. The van der Waals surface area contributed by atoms with Gasteiger partial charge in [0.1, 0.15) is 18.8 Å². The normalized spacial score (nSPS) is 16.9. The van der Waals surface area contributed by atoms with Crippen LogP contribution in [0.5, 0.6) is 0 Å². The van der Waals surface area contributed by atoms with E-state index >= 15 is 0 Å². The molecule has 0 saturated carbocycles. The third-order valence-corrected chi connectivity index (χ3v) is 7.54. The Morgan fingerprint density at radius 3 is 2.59 bits per heavy atom. The number of piperidine rings is 1. The van der Waals surface area contributed by atoms with Crippen LogP contribution in [0.3, 0.4) is 0 Å². The van der Waals surface area contributed by atoms with E-state index in [0.717, 1.165) is 10.3 Å². The summed E-state index contributed by atoms with van der Waals surface area (Å²) >= 11 is 12.8. The van der Waals surface area contributed by atoms with Gasteiger partial charge in [0, 0.05) is 24.0 Å². The predicted molar refractivity (Wildman–Crippen MR) is 129 cm³/mol. The summed E-state index contributed by atoms with van der Waals surface area (Å²) < 4.78 is 37.6. The average Bonchev–Trinajstić information content (AvgIpc) is 3.42. The largest absolute Gasteiger partial charge is 0.405 e. The van der Waals surface area contributed by atoms with E-state index in [1.807, 2.05) is 0 Å². The zero-order valence-corrected chi connectivity index (χ0v) is 20.5. The number of fused-ring (bicyclic) bond motifs is 3. The standard InChI is InChI=1S/C23H19Cl2F3N6O3/c24-13-1-2-16-18(19(13)25)22(21(37)34(16)10-17(35)30-11-23(26,27)28)3-5-33(6-4-22)20(36)14-7-12-8-31-32-15(12)9-29-14/h1-2,7-9H,3-6,10-11H2,(H,30,35)(H,31,32). The Bertz CT molecular complexity index is 1420. The summed E-state index contributed by atoms with van der Waals surface area (Å²) in [6, 6.07) is 4.61. The van der Waals surface area contributed by atoms with Crippen LogP contribution in [0.1, 0.15) is 28.9 Å².